The molecule has 2 aromatic rings. The third kappa shape index (κ3) is 2.66. The summed E-state index contributed by atoms with van der Waals surface area (Å²) in [6.45, 7) is 0.291. The van der Waals surface area contributed by atoms with Crippen molar-refractivity contribution >= 4 is 27.5 Å². The first kappa shape index (κ1) is 13.3. The molecule has 0 spiro atoms. The lowest BCUT2D eigenvalue weighted by atomic mass is 10.2. The Morgan fingerprint density at radius 2 is 1.83 bits per heavy atom. The Kier molecular flexibility index (Phi) is 4.22. The Labute approximate surface area is 118 Å². The number of ether oxygens (including phenoxy) is 1. The largest absolute Gasteiger partial charge is 0.454 e. The lowest BCUT2D eigenvalue weighted by Gasteiger charge is -2.12. The van der Waals surface area contributed by atoms with Gasteiger partial charge in [-0.25, -0.2) is 4.39 Å². The second-order valence-corrected chi connectivity index (χ2v) is 4.84. The van der Waals surface area contributed by atoms with Crippen LogP contribution in [0, 0.1) is 5.82 Å². The minimum Gasteiger partial charge on any atom is -0.454 e. The van der Waals surface area contributed by atoms with Crippen LogP contribution in [0.3, 0.4) is 0 Å². The van der Waals surface area contributed by atoms with Gasteiger partial charge in [-0.3, -0.25) is 0 Å². The second-order valence-electron chi connectivity index (χ2n) is 3.57. The predicted octanol–water partition coefficient (Wildman–Crippen LogP) is 4.49. The van der Waals surface area contributed by atoms with E-state index in [0.717, 1.165) is 10.0 Å². The standard InChI is InChI=1S/C13H10BrClFNO/c14-9-3-1-5-11(8(9)7-17)18-12-6-2-4-10(15)13(12)16/h1-6H,7,17H2. The van der Waals surface area contributed by atoms with Crippen LogP contribution in [0.1, 0.15) is 5.56 Å². The molecule has 94 valence electrons. The van der Waals surface area contributed by atoms with Gasteiger partial charge in [0, 0.05) is 16.6 Å². The molecule has 18 heavy (non-hydrogen) atoms. The quantitative estimate of drug-likeness (QED) is 0.899. The highest BCUT2D eigenvalue weighted by atomic mass is 79.9. The molecule has 0 atom stereocenters. The number of nitrogens with two attached hydrogens (primary N) is 1. The number of benzene rings is 2. The summed E-state index contributed by atoms with van der Waals surface area (Å²) < 4.78 is 20.1. The fraction of sp³-hybridized carbons (Fsp3) is 0.0769. The highest BCUT2D eigenvalue weighted by Crippen LogP contribution is 2.33. The van der Waals surface area contributed by atoms with Gasteiger partial charge in [0.05, 0.1) is 5.02 Å². The molecule has 0 saturated heterocycles. The van der Waals surface area contributed by atoms with E-state index < -0.39 is 5.82 Å². The minimum atomic E-state index is -0.581. The van der Waals surface area contributed by atoms with E-state index in [1.54, 1.807) is 18.2 Å². The van der Waals surface area contributed by atoms with E-state index in [0.29, 0.717) is 12.3 Å². The molecule has 5 heteroatoms. The summed E-state index contributed by atoms with van der Waals surface area (Å²) in [5, 5.41) is 0.0248. The van der Waals surface area contributed by atoms with Crippen LogP contribution in [-0.4, -0.2) is 0 Å². The van der Waals surface area contributed by atoms with Gasteiger partial charge in [0.2, 0.25) is 0 Å². The molecule has 2 N–H and O–H groups in total. The average molecular weight is 331 g/mol. The van der Waals surface area contributed by atoms with Crippen molar-refractivity contribution in [1.29, 1.82) is 0 Å². The van der Waals surface area contributed by atoms with Crippen LogP contribution in [0.2, 0.25) is 5.02 Å². The maximum absolute atomic E-state index is 13.7. The van der Waals surface area contributed by atoms with Crippen LogP contribution < -0.4 is 10.5 Å². The van der Waals surface area contributed by atoms with E-state index >= 15 is 0 Å². The molecule has 0 amide bonds. The van der Waals surface area contributed by atoms with Crippen LogP contribution in [0.15, 0.2) is 40.9 Å². The molecule has 0 aliphatic rings. The normalized spacial score (nSPS) is 10.4. The Hall–Kier alpha value is -1.10. The Morgan fingerprint density at radius 1 is 1.17 bits per heavy atom. The summed E-state index contributed by atoms with van der Waals surface area (Å²) in [4.78, 5) is 0. The van der Waals surface area contributed by atoms with Gasteiger partial charge in [-0.15, -0.1) is 0 Å². The van der Waals surface area contributed by atoms with Gasteiger partial charge in [-0.1, -0.05) is 39.7 Å². The predicted molar refractivity (Wildman–Crippen MR) is 73.5 cm³/mol. The first-order chi connectivity index (χ1) is 8.63. The summed E-state index contributed by atoms with van der Waals surface area (Å²) in [5.41, 5.74) is 6.42. The van der Waals surface area contributed by atoms with Crippen LogP contribution in [0.5, 0.6) is 11.5 Å². The first-order valence-corrected chi connectivity index (χ1v) is 6.40. The molecule has 2 aromatic carbocycles. The zero-order valence-corrected chi connectivity index (χ0v) is 11.6. The van der Waals surface area contributed by atoms with Crippen LogP contribution in [0.4, 0.5) is 4.39 Å². The van der Waals surface area contributed by atoms with Gasteiger partial charge in [0.15, 0.2) is 11.6 Å². The number of halogens is 3. The van der Waals surface area contributed by atoms with Gasteiger partial charge >= 0.3 is 0 Å². The number of rotatable bonds is 3. The van der Waals surface area contributed by atoms with Gasteiger partial charge in [0.1, 0.15) is 5.75 Å². The van der Waals surface area contributed by atoms with E-state index in [1.165, 1.54) is 12.1 Å². The van der Waals surface area contributed by atoms with Gasteiger partial charge in [0.25, 0.3) is 0 Å². The summed E-state index contributed by atoms with van der Waals surface area (Å²) >= 11 is 9.07. The zero-order valence-electron chi connectivity index (χ0n) is 9.29. The Morgan fingerprint density at radius 3 is 2.56 bits per heavy atom. The molecular weight excluding hydrogens is 321 g/mol. The smallest absolute Gasteiger partial charge is 0.184 e. The highest BCUT2D eigenvalue weighted by molar-refractivity contribution is 9.10. The summed E-state index contributed by atoms with van der Waals surface area (Å²) in [6.07, 6.45) is 0. The molecule has 0 bridgehead atoms. The molecule has 0 aliphatic heterocycles. The first-order valence-electron chi connectivity index (χ1n) is 5.23. The highest BCUT2D eigenvalue weighted by Gasteiger charge is 2.11. The average Bonchev–Trinajstić information content (AvgIpc) is 2.35. The third-order valence-corrected chi connectivity index (χ3v) is 3.45. The molecule has 2 rings (SSSR count). The lowest BCUT2D eigenvalue weighted by molar-refractivity contribution is 0.437. The van der Waals surface area contributed by atoms with Crippen molar-refractivity contribution in [1.82, 2.24) is 0 Å². The Balaban J connectivity index is 2.40. The molecule has 0 aliphatic carbocycles. The topological polar surface area (TPSA) is 35.2 Å². The molecule has 0 unspecified atom stereocenters. The van der Waals surface area contributed by atoms with Crippen LogP contribution in [0.25, 0.3) is 0 Å². The van der Waals surface area contributed by atoms with E-state index in [2.05, 4.69) is 15.9 Å². The molecule has 2 nitrogen and oxygen atoms in total. The molecule has 0 radical (unpaired) electrons. The van der Waals surface area contributed by atoms with Crippen molar-refractivity contribution in [3.8, 4) is 11.5 Å². The monoisotopic (exact) mass is 329 g/mol. The fourth-order valence-electron chi connectivity index (χ4n) is 1.51. The third-order valence-electron chi connectivity index (χ3n) is 2.42. The van der Waals surface area contributed by atoms with Crippen LogP contribution >= 0.6 is 27.5 Å². The summed E-state index contributed by atoms with van der Waals surface area (Å²) in [7, 11) is 0. The SMILES string of the molecule is NCc1c(Br)cccc1Oc1cccc(Cl)c1F. The van der Waals surface area contributed by atoms with Crippen molar-refractivity contribution in [2.75, 3.05) is 0 Å². The zero-order chi connectivity index (χ0) is 13.1. The fourth-order valence-corrected chi connectivity index (χ4v) is 2.19. The lowest BCUT2D eigenvalue weighted by Crippen LogP contribution is -2.01. The van der Waals surface area contributed by atoms with Crippen molar-refractivity contribution in [3.05, 3.63) is 57.3 Å². The van der Waals surface area contributed by atoms with E-state index in [4.69, 9.17) is 22.1 Å². The minimum absolute atomic E-state index is 0.0248. The molecular formula is C13H10BrClFNO. The van der Waals surface area contributed by atoms with Gasteiger partial charge < -0.3 is 10.5 Å². The van der Waals surface area contributed by atoms with Gasteiger partial charge in [-0.2, -0.15) is 0 Å². The van der Waals surface area contributed by atoms with Gasteiger partial charge in [-0.05, 0) is 24.3 Å². The second kappa shape index (κ2) is 5.69. The van der Waals surface area contributed by atoms with E-state index in [9.17, 15) is 4.39 Å². The number of hydrogen-bond acceptors (Lipinski definition) is 2. The molecule has 0 saturated carbocycles. The van der Waals surface area contributed by atoms with Crippen LogP contribution in [-0.2, 0) is 6.54 Å². The molecule has 0 fully saturated rings. The van der Waals surface area contributed by atoms with Crippen molar-refractivity contribution < 1.29 is 9.13 Å². The molecule has 0 aromatic heterocycles. The van der Waals surface area contributed by atoms with Crippen molar-refractivity contribution in [2.24, 2.45) is 5.73 Å². The summed E-state index contributed by atoms with van der Waals surface area (Å²) in [5.74, 6) is 0.00505. The van der Waals surface area contributed by atoms with Crippen molar-refractivity contribution in [3.63, 3.8) is 0 Å². The van der Waals surface area contributed by atoms with E-state index in [-0.39, 0.29) is 10.8 Å². The number of hydrogen-bond donors (Lipinski definition) is 1. The maximum atomic E-state index is 13.7. The summed E-state index contributed by atoms with van der Waals surface area (Å²) in [6, 6.07) is 9.98. The van der Waals surface area contributed by atoms with E-state index in [1.807, 2.05) is 6.07 Å². The van der Waals surface area contributed by atoms with Crippen molar-refractivity contribution in [2.45, 2.75) is 6.54 Å². The molecule has 0 heterocycles. The Bertz CT molecular complexity index is 577. The maximum Gasteiger partial charge on any atom is 0.184 e.